The molecule has 0 aliphatic rings. The molecule has 2 N–H and O–H groups in total. The lowest BCUT2D eigenvalue weighted by Gasteiger charge is -2.07. The van der Waals surface area contributed by atoms with E-state index in [4.69, 9.17) is 23.2 Å². The summed E-state index contributed by atoms with van der Waals surface area (Å²) in [7, 11) is 0. The Kier molecular flexibility index (Phi) is 3.46. The van der Waals surface area contributed by atoms with Crippen molar-refractivity contribution in [3.8, 4) is 5.75 Å². The third kappa shape index (κ3) is 2.66. The van der Waals surface area contributed by atoms with Crippen LogP contribution in [0.15, 0.2) is 17.5 Å². The van der Waals surface area contributed by atoms with Crippen LogP contribution in [0.3, 0.4) is 0 Å². The lowest BCUT2D eigenvalue weighted by molar-refractivity contribution is 0.102. The SMILES string of the molecule is O=C(Nc1cc(Cl)cc(Cl)c1O)c1csnn1. The number of halogens is 2. The quantitative estimate of drug-likeness (QED) is 0.834. The molecule has 88 valence electrons. The summed E-state index contributed by atoms with van der Waals surface area (Å²) in [5.41, 5.74) is 0.283. The molecule has 1 aromatic carbocycles. The minimum atomic E-state index is -0.493. The molecule has 1 amide bonds. The van der Waals surface area contributed by atoms with E-state index in [1.165, 1.54) is 17.5 Å². The van der Waals surface area contributed by atoms with Crippen LogP contribution in [-0.4, -0.2) is 20.6 Å². The minimum Gasteiger partial charge on any atom is -0.504 e. The van der Waals surface area contributed by atoms with Crippen LogP contribution < -0.4 is 5.32 Å². The number of phenolic OH excluding ortho intramolecular Hbond substituents is 1. The van der Waals surface area contributed by atoms with Crippen molar-refractivity contribution in [1.29, 1.82) is 0 Å². The van der Waals surface area contributed by atoms with E-state index >= 15 is 0 Å². The van der Waals surface area contributed by atoms with Gasteiger partial charge in [0.2, 0.25) is 0 Å². The molecule has 1 aromatic heterocycles. The number of anilines is 1. The number of hydrogen-bond acceptors (Lipinski definition) is 5. The van der Waals surface area contributed by atoms with Crippen LogP contribution in [0.2, 0.25) is 10.0 Å². The Labute approximate surface area is 110 Å². The summed E-state index contributed by atoms with van der Waals surface area (Å²) in [6.45, 7) is 0. The lowest BCUT2D eigenvalue weighted by Crippen LogP contribution is -2.12. The maximum absolute atomic E-state index is 11.6. The van der Waals surface area contributed by atoms with Crippen molar-refractivity contribution in [2.75, 3.05) is 5.32 Å². The number of carbonyl (C=O) groups excluding carboxylic acids is 1. The highest BCUT2D eigenvalue weighted by molar-refractivity contribution is 7.03. The number of nitrogens with one attached hydrogen (secondary N) is 1. The second-order valence-corrected chi connectivity index (χ2v) is 4.48. The molecule has 0 unspecified atom stereocenters. The van der Waals surface area contributed by atoms with Gasteiger partial charge in [0, 0.05) is 10.4 Å². The third-order valence-corrected chi connectivity index (χ3v) is 2.88. The molecule has 0 aliphatic carbocycles. The van der Waals surface area contributed by atoms with Gasteiger partial charge in [0.05, 0.1) is 10.7 Å². The van der Waals surface area contributed by atoms with Gasteiger partial charge in [-0.05, 0) is 23.7 Å². The Morgan fingerprint density at radius 2 is 2.18 bits per heavy atom. The second-order valence-electron chi connectivity index (χ2n) is 3.03. The van der Waals surface area contributed by atoms with Crippen molar-refractivity contribution in [2.24, 2.45) is 0 Å². The Bertz CT molecular complexity index is 560. The smallest absolute Gasteiger partial charge is 0.277 e. The molecule has 0 fully saturated rings. The van der Waals surface area contributed by atoms with Gasteiger partial charge in [0.15, 0.2) is 11.4 Å². The van der Waals surface area contributed by atoms with E-state index in [9.17, 15) is 9.90 Å². The molecule has 0 spiro atoms. The molecule has 1 heterocycles. The second kappa shape index (κ2) is 4.87. The Hall–Kier alpha value is -1.37. The number of aromatic hydroxyl groups is 1. The number of carbonyl (C=O) groups is 1. The zero-order chi connectivity index (χ0) is 12.4. The molecular formula is C9H5Cl2N3O2S. The van der Waals surface area contributed by atoms with Gasteiger partial charge in [-0.2, -0.15) is 0 Å². The van der Waals surface area contributed by atoms with Gasteiger partial charge < -0.3 is 10.4 Å². The predicted molar refractivity (Wildman–Crippen MR) is 66.0 cm³/mol. The molecule has 8 heteroatoms. The number of aromatic nitrogens is 2. The van der Waals surface area contributed by atoms with E-state index in [1.54, 1.807) is 0 Å². The standard InChI is InChI=1S/C9H5Cl2N3O2S/c10-4-1-5(11)8(15)6(2-4)12-9(16)7-3-17-14-13-7/h1-3,15H,(H,12,16). The van der Waals surface area contributed by atoms with Crippen molar-refractivity contribution in [3.63, 3.8) is 0 Å². The first-order valence-corrected chi connectivity index (χ1v) is 5.93. The van der Waals surface area contributed by atoms with Crippen LogP contribution in [0.25, 0.3) is 0 Å². The van der Waals surface area contributed by atoms with Gasteiger partial charge in [-0.1, -0.05) is 27.7 Å². The monoisotopic (exact) mass is 289 g/mol. The molecule has 0 aliphatic heterocycles. The zero-order valence-corrected chi connectivity index (χ0v) is 10.5. The number of amides is 1. The lowest BCUT2D eigenvalue weighted by atomic mass is 10.3. The number of rotatable bonds is 2. The van der Waals surface area contributed by atoms with Crippen molar-refractivity contribution in [1.82, 2.24) is 9.59 Å². The average molecular weight is 290 g/mol. The van der Waals surface area contributed by atoms with Gasteiger partial charge in [-0.3, -0.25) is 4.79 Å². The summed E-state index contributed by atoms with van der Waals surface area (Å²) in [6.07, 6.45) is 0. The molecule has 0 saturated carbocycles. The maximum atomic E-state index is 11.6. The first-order chi connectivity index (χ1) is 8.08. The van der Waals surface area contributed by atoms with E-state index in [2.05, 4.69) is 14.9 Å². The van der Waals surface area contributed by atoms with Crippen molar-refractivity contribution < 1.29 is 9.90 Å². The van der Waals surface area contributed by atoms with Crippen molar-refractivity contribution in [3.05, 3.63) is 33.3 Å². The van der Waals surface area contributed by atoms with Gasteiger partial charge in [0.1, 0.15) is 0 Å². The van der Waals surface area contributed by atoms with Crippen LogP contribution in [0, 0.1) is 0 Å². The van der Waals surface area contributed by atoms with E-state index in [0.29, 0.717) is 5.02 Å². The fourth-order valence-corrected chi connectivity index (χ4v) is 2.04. The first kappa shape index (κ1) is 12.1. The Balaban J connectivity index is 2.28. The van der Waals surface area contributed by atoms with Crippen LogP contribution in [0.1, 0.15) is 10.5 Å². The van der Waals surface area contributed by atoms with Gasteiger partial charge in [0.25, 0.3) is 5.91 Å². The van der Waals surface area contributed by atoms with Crippen molar-refractivity contribution in [2.45, 2.75) is 0 Å². The highest BCUT2D eigenvalue weighted by atomic mass is 35.5. The van der Waals surface area contributed by atoms with Crippen LogP contribution in [0.5, 0.6) is 5.75 Å². The highest BCUT2D eigenvalue weighted by Crippen LogP contribution is 2.35. The Morgan fingerprint density at radius 3 is 2.82 bits per heavy atom. The topological polar surface area (TPSA) is 75.1 Å². The number of hydrogen-bond donors (Lipinski definition) is 2. The van der Waals surface area contributed by atoms with E-state index < -0.39 is 5.91 Å². The minimum absolute atomic E-state index is 0.0594. The zero-order valence-electron chi connectivity index (χ0n) is 8.15. The summed E-state index contributed by atoms with van der Waals surface area (Å²) >= 11 is 12.5. The molecule has 0 bridgehead atoms. The molecular weight excluding hydrogens is 285 g/mol. The largest absolute Gasteiger partial charge is 0.504 e. The van der Waals surface area contributed by atoms with Crippen LogP contribution in [0.4, 0.5) is 5.69 Å². The molecule has 5 nitrogen and oxygen atoms in total. The maximum Gasteiger partial charge on any atom is 0.277 e. The number of phenols is 1. The number of benzene rings is 1. The van der Waals surface area contributed by atoms with Gasteiger partial charge in [-0.25, -0.2) is 0 Å². The van der Waals surface area contributed by atoms with Gasteiger partial charge in [-0.15, -0.1) is 5.10 Å². The average Bonchev–Trinajstić information content (AvgIpc) is 2.78. The number of nitrogens with zero attached hydrogens (tertiary/aromatic N) is 2. The predicted octanol–water partition coefficient (Wildman–Crippen LogP) is 2.80. The molecule has 2 aromatic rings. The van der Waals surface area contributed by atoms with E-state index in [0.717, 1.165) is 11.5 Å². The van der Waals surface area contributed by atoms with Crippen LogP contribution in [-0.2, 0) is 0 Å². The molecule has 17 heavy (non-hydrogen) atoms. The van der Waals surface area contributed by atoms with Crippen molar-refractivity contribution >= 4 is 46.3 Å². The third-order valence-electron chi connectivity index (χ3n) is 1.87. The summed E-state index contributed by atoms with van der Waals surface area (Å²) in [6, 6.07) is 2.76. The van der Waals surface area contributed by atoms with E-state index in [-0.39, 0.29) is 22.2 Å². The summed E-state index contributed by atoms with van der Waals surface area (Å²) in [4.78, 5) is 11.6. The molecule has 0 atom stereocenters. The fraction of sp³-hybridized carbons (Fsp3) is 0. The summed E-state index contributed by atoms with van der Waals surface area (Å²) in [5, 5.41) is 17.5. The molecule has 0 saturated heterocycles. The Morgan fingerprint density at radius 1 is 1.41 bits per heavy atom. The van der Waals surface area contributed by atoms with E-state index in [1.807, 2.05) is 0 Å². The van der Waals surface area contributed by atoms with Gasteiger partial charge >= 0.3 is 0 Å². The van der Waals surface area contributed by atoms with Crippen LogP contribution >= 0.6 is 34.7 Å². The molecule has 0 radical (unpaired) electrons. The normalized spacial score (nSPS) is 10.2. The fourth-order valence-electron chi connectivity index (χ4n) is 1.11. The first-order valence-electron chi connectivity index (χ1n) is 4.34. The summed E-state index contributed by atoms with van der Waals surface area (Å²) < 4.78 is 3.56. The summed E-state index contributed by atoms with van der Waals surface area (Å²) in [5.74, 6) is -0.736. The highest BCUT2D eigenvalue weighted by Gasteiger charge is 2.14. The molecule has 2 rings (SSSR count).